The largest absolute Gasteiger partial charge is 0.311 e. The molecule has 1 amide bonds. The van der Waals surface area contributed by atoms with Crippen molar-refractivity contribution < 1.29 is 17.6 Å². The first kappa shape index (κ1) is 31.3. The normalized spacial score (nSPS) is 31.0. The summed E-state index contributed by atoms with van der Waals surface area (Å²) in [7, 11) is -3.20. The highest BCUT2D eigenvalue weighted by Gasteiger charge is 2.45. The molecule has 1 N–H and O–H groups in total. The van der Waals surface area contributed by atoms with Gasteiger partial charge in [0.15, 0.2) is 0 Å². The monoisotopic (exact) mass is 602 g/mol. The fourth-order valence-electron chi connectivity index (χ4n) is 6.90. The maximum absolute atomic E-state index is 14.0. The third-order valence-electron chi connectivity index (χ3n) is 9.45. The Hall–Kier alpha value is -2.18. The smallest absolute Gasteiger partial charge is 0.241 e. The number of benzene rings is 1. The van der Waals surface area contributed by atoms with Gasteiger partial charge in [-0.3, -0.25) is 19.6 Å². The van der Waals surface area contributed by atoms with Crippen LogP contribution in [-0.2, 0) is 21.2 Å². The lowest BCUT2D eigenvalue weighted by molar-refractivity contribution is -0.131. The first-order chi connectivity index (χ1) is 19.7. The van der Waals surface area contributed by atoms with Gasteiger partial charge >= 0.3 is 0 Å². The number of nitrogens with one attached hydrogen (secondary N) is 1. The number of amides is 1. The SMILES string of the molecule is CC1N=C2C(=CC1Cc1ccc(F)cc1)N(C(=O)CN1C[C@@H](C)NC[C@@H]1CN1CCN(S(C)(=O)=O)C[C@H]1C)CC2(C)C. The summed E-state index contributed by atoms with van der Waals surface area (Å²) in [6, 6.07) is 7.25. The summed E-state index contributed by atoms with van der Waals surface area (Å²) in [6.07, 6.45) is 4.24. The van der Waals surface area contributed by atoms with E-state index in [1.165, 1.54) is 18.4 Å². The van der Waals surface area contributed by atoms with Crippen LogP contribution in [-0.4, -0.2) is 122 Å². The number of hydrogen-bond acceptors (Lipinski definition) is 7. The van der Waals surface area contributed by atoms with Crippen LogP contribution in [0.2, 0.25) is 0 Å². The van der Waals surface area contributed by atoms with Gasteiger partial charge in [0, 0.05) is 75.3 Å². The van der Waals surface area contributed by atoms with E-state index in [4.69, 9.17) is 4.99 Å². The minimum absolute atomic E-state index is 0.0756. The zero-order chi connectivity index (χ0) is 30.4. The maximum Gasteiger partial charge on any atom is 0.241 e. The van der Waals surface area contributed by atoms with E-state index in [9.17, 15) is 17.6 Å². The third-order valence-corrected chi connectivity index (χ3v) is 10.7. The van der Waals surface area contributed by atoms with Crippen molar-refractivity contribution in [3.8, 4) is 0 Å². The van der Waals surface area contributed by atoms with Crippen LogP contribution in [0.5, 0.6) is 0 Å². The minimum Gasteiger partial charge on any atom is -0.311 e. The molecule has 0 spiro atoms. The molecule has 1 aromatic carbocycles. The lowest BCUT2D eigenvalue weighted by Crippen LogP contribution is -2.63. The zero-order valence-electron chi connectivity index (χ0n) is 25.9. The first-order valence-electron chi connectivity index (χ1n) is 15.2. The van der Waals surface area contributed by atoms with Crippen LogP contribution in [0.3, 0.4) is 0 Å². The lowest BCUT2D eigenvalue weighted by Gasteiger charge is -2.45. The maximum atomic E-state index is 14.0. The van der Waals surface area contributed by atoms with E-state index < -0.39 is 10.0 Å². The Morgan fingerprint density at radius 1 is 1.10 bits per heavy atom. The highest BCUT2D eigenvalue weighted by molar-refractivity contribution is 7.88. The standard InChI is InChI=1S/C31H47FN6O3S/c1-21-16-36(27(15-33-21)18-35-11-12-37(17-22(35)2)42(6,40)41)19-29(39)38-20-31(4,5)30-28(38)14-25(23(3)34-30)13-24-7-9-26(32)10-8-24/h7-10,14,21-23,25,27,33H,11-13,15-20H2,1-6H3/t21-,22-,23?,25?,27-/m1/s1. The van der Waals surface area contributed by atoms with Crippen molar-refractivity contribution in [2.45, 2.75) is 65.2 Å². The number of carbonyl (C=O) groups excluding carboxylic acids is 1. The van der Waals surface area contributed by atoms with Gasteiger partial charge in [0.1, 0.15) is 5.82 Å². The van der Waals surface area contributed by atoms with Gasteiger partial charge in [-0.15, -0.1) is 0 Å². The summed E-state index contributed by atoms with van der Waals surface area (Å²) < 4.78 is 39.2. The topological polar surface area (TPSA) is 88.6 Å². The molecule has 0 aliphatic carbocycles. The van der Waals surface area contributed by atoms with Gasteiger partial charge < -0.3 is 10.2 Å². The van der Waals surface area contributed by atoms with Crippen molar-refractivity contribution in [3.05, 3.63) is 47.4 Å². The van der Waals surface area contributed by atoms with E-state index in [1.807, 2.05) is 17.0 Å². The quantitative estimate of drug-likeness (QED) is 0.515. The average molecular weight is 603 g/mol. The number of nitrogens with zero attached hydrogens (tertiary/aromatic N) is 5. The fraction of sp³-hybridized carbons (Fsp3) is 0.677. The highest BCUT2D eigenvalue weighted by Crippen LogP contribution is 2.39. The summed E-state index contributed by atoms with van der Waals surface area (Å²) in [4.78, 5) is 25.8. The fourth-order valence-corrected chi connectivity index (χ4v) is 7.79. The van der Waals surface area contributed by atoms with Gasteiger partial charge in [0.25, 0.3) is 0 Å². The molecule has 42 heavy (non-hydrogen) atoms. The number of hydrogen-bond donors (Lipinski definition) is 1. The number of carbonyl (C=O) groups is 1. The van der Waals surface area contributed by atoms with E-state index in [1.54, 1.807) is 4.31 Å². The van der Waals surface area contributed by atoms with Gasteiger partial charge in [-0.1, -0.05) is 32.1 Å². The molecular weight excluding hydrogens is 555 g/mol. The van der Waals surface area contributed by atoms with Crippen LogP contribution >= 0.6 is 0 Å². The van der Waals surface area contributed by atoms with Gasteiger partial charge in [-0.05, 0) is 44.9 Å². The summed E-state index contributed by atoms with van der Waals surface area (Å²) >= 11 is 0. The van der Waals surface area contributed by atoms with E-state index in [-0.39, 0.29) is 47.2 Å². The summed E-state index contributed by atoms with van der Waals surface area (Å²) in [6.45, 7) is 15.6. The van der Waals surface area contributed by atoms with E-state index >= 15 is 0 Å². The summed E-state index contributed by atoms with van der Waals surface area (Å²) in [5.74, 6) is -0.0318. The predicted octanol–water partition coefficient (Wildman–Crippen LogP) is 2.21. The molecule has 5 rings (SSSR count). The number of fused-ring (bicyclic) bond motifs is 1. The van der Waals surface area contributed by atoms with Crippen molar-refractivity contribution in [1.29, 1.82) is 0 Å². The zero-order valence-corrected chi connectivity index (χ0v) is 26.7. The number of likely N-dealkylation sites (tertiary alicyclic amines) is 1. The van der Waals surface area contributed by atoms with Gasteiger partial charge in [0.2, 0.25) is 15.9 Å². The number of rotatable bonds is 7. The van der Waals surface area contributed by atoms with Gasteiger partial charge in [-0.2, -0.15) is 4.31 Å². The Morgan fingerprint density at radius 2 is 1.81 bits per heavy atom. The van der Waals surface area contributed by atoms with Crippen LogP contribution < -0.4 is 5.32 Å². The average Bonchev–Trinajstić information content (AvgIpc) is 3.17. The molecule has 3 fully saturated rings. The molecule has 4 heterocycles. The molecule has 0 aromatic heterocycles. The van der Waals surface area contributed by atoms with Crippen LogP contribution in [0.15, 0.2) is 41.0 Å². The Balaban J connectivity index is 1.30. The molecule has 1 aromatic rings. The molecule has 9 nitrogen and oxygen atoms in total. The highest BCUT2D eigenvalue weighted by atomic mass is 32.2. The number of allylic oxidation sites excluding steroid dienone is 1. The van der Waals surface area contributed by atoms with E-state index in [2.05, 4.69) is 55.8 Å². The van der Waals surface area contributed by atoms with Crippen LogP contribution in [0.25, 0.3) is 0 Å². The van der Waals surface area contributed by atoms with E-state index in [0.29, 0.717) is 32.7 Å². The number of sulfonamides is 1. The molecular formula is C31H47FN6O3S. The molecule has 232 valence electrons. The molecule has 5 atom stereocenters. The van der Waals surface area contributed by atoms with Crippen LogP contribution in [0.4, 0.5) is 4.39 Å². The molecule has 0 radical (unpaired) electrons. The van der Waals surface area contributed by atoms with E-state index in [0.717, 1.165) is 43.0 Å². The van der Waals surface area contributed by atoms with Gasteiger partial charge in [-0.25, -0.2) is 12.8 Å². The van der Waals surface area contributed by atoms with Crippen LogP contribution in [0.1, 0.15) is 40.2 Å². The summed E-state index contributed by atoms with van der Waals surface area (Å²) in [5.41, 5.74) is 2.76. The van der Waals surface area contributed by atoms with Crippen molar-refractivity contribution in [1.82, 2.24) is 24.3 Å². The molecule has 3 saturated heterocycles. The molecule has 4 aliphatic rings. The third kappa shape index (κ3) is 6.80. The first-order valence-corrected chi connectivity index (χ1v) is 17.1. The van der Waals surface area contributed by atoms with Crippen molar-refractivity contribution in [2.75, 3.05) is 58.6 Å². The lowest BCUT2D eigenvalue weighted by atomic mass is 9.84. The molecule has 0 bridgehead atoms. The molecule has 0 saturated carbocycles. The molecule has 4 aliphatic heterocycles. The molecule has 11 heteroatoms. The van der Waals surface area contributed by atoms with Crippen molar-refractivity contribution >= 4 is 21.6 Å². The van der Waals surface area contributed by atoms with Crippen LogP contribution in [0, 0.1) is 17.2 Å². The number of dihydropyridines is 1. The predicted molar refractivity (Wildman–Crippen MR) is 164 cm³/mol. The summed E-state index contributed by atoms with van der Waals surface area (Å²) in [5, 5.41) is 3.58. The Labute approximate surface area is 250 Å². The van der Waals surface area contributed by atoms with Crippen molar-refractivity contribution in [3.63, 3.8) is 0 Å². The second-order valence-corrected chi connectivity index (χ2v) is 15.5. The number of piperazine rings is 2. The van der Waals surface area contributed by atoms with Gasteiger partial charge in [0.05, 0.1) is 30.3 Å². The number of aliphatic imine (C=N–C) groups is 1. The second-order valence-electron chi connectivity index (χ2n) is 13.5. The number of halogens is 1. The minimum atomic E-state index is -3.20. The second kappa shape index (κ2) is 12.1. The Bertz CT molecular complexity index is 1330. The molecule has 2 unspecified atom stereocenters. The van der Waals surface area contributed by atoms with Crippen molar-refractivity contribution in [2.24, 2.45) is 16.3 Å². The Kier molecular flexibility index (Phi) is 8.98. The Morgan fingerprint density at radius 3 is 2.48 bits per heavy atom.